The summed E-state index contributed by atoms with van der Waals surface area (Å²) in [4.78, 5) is 12.1. The Balaban J connectivity index is 2.22. The number of methoxy groups -OCH3 is 1. The maximum absolute atomic E-state index is 12.1. The van der Waals surface area contributed by atoms with Crippen molar-refractivity contribution in [2.45, 2.75) is 0 Å². The van der Waals surface area contributed by atoms with Gasteiger partial charge in [-0.2, -0.15) is 0 Å². The van der Waals surface area contributed by atoms with E-state index in [1.807, 2.05) is 0 Å². The molecular weight excluding hydrogens is 264 g/mol. The van der Waals surface area contributed by atoms with Crippen LogP contribution in [0, 0.1) is 0 Å². The molecule has 2 aromatic carbocycles. The number of nitrogen functional groups attached to an aromatic ring is 1. The number of halogens is 1. The molecule has 1 amide bonds. The molecule has 5 heteroatoms. The van der Waals surface area contributed by atoms with Crippen LogP contribution in [-0.2, 0) is 0 Å². The smallest absolute Gasteiger partial charge is 0.255 e. The van der Waals surface area contributed by atoms with Gasteiger partial charge in [0.1, 0.15) is 5.75 Å². The SMILES string of the molecule is COc1cc(N)cc(C(=O)Nc2cccc(Cl)c2)c1. The highest BCUT2D eigenvalue weighted by molar-refractivity contribution is 6.30. The molecule has 0 aliphatic rings. The molecule has 0 aliphatic carbocycles. The Hall–Kier alpha value is -2.20. The van der Waals surface area contributed by atoms with E-state index < -0.39 is 0 Å². The van der Waals surface area contributed by atoms with E-state index in [1.54, 1.807) is 42.5 Å². The number of nitrogens with two attached hydrogens (primary N) is 1. The molecule has 0 unspecified atom stereocenters. The number of hydrogen-bond acceptors (Lipinski definition) is 3. The Kier molecular flexibility index (Phi) is 3.92. The van der Waals surface area contributed by atoms with Gasteiger partial charge >= 0.3 is 0 Å². The van der Waals surface area contributed by atoms with Crippen LogP contribution in [0.3, 0.4) is 0 Å². The normalized spacial score (nSPS) is 10.0. The van der Waals surface area contributed by atoms with Crippen molar-refractivity contribution in [3.8, 4) is 5.75 Å². The van der Waals surface area contributed by atoms with Crippen LogP contribution in [0.5, 0.6) is 5.75 Å². The van der Waals surface area contributed by atoms with Gasteiger partial charge in [-0.3, -0.25) is 4.79 Å². The number of amides is 1. The highest BCUT2D eigenvalue weighted by Gasteiger charge is 2.09. The van der Waals surface area contributed by atoms with Crippen molar-refractivity contribution in [2.75, 3.05) is 18.2 Å². The number of carbonyl (C=O) groups excluding carboxylic acids is 1. The van der Waals surface area contributed by atoms with Crippen molar-refractivity contribution >= 4 is 28.9 Å². The van der Waals surface area contributed by atoms with Gasteiger partial charge in [-0.25, -0.2) is 0 Å². The molecule has 0 spiro atoms. The fourth-order valence-electron chi connectivity index (χ4n) is 1.64. The summed E-state index contributed by atoms with van der Waals surface area (Å²) in [5, 5.41) is 3.30. The summed E-state index contributed by atoms with van der Waals surface area (Å²) in [5.41, 5.74) is 7.23. The number of carbonyl (C=O) groups is 1. The van der Waals surface area contributed by atoms with Crippen LogP contribution in [0.1, 0.15) is 10.4 Å². The summed E-state index contributed by atoms with van der Waals surface area (Å²) >= 11 is 5.86. The molecule has 0 heterocycles. The largest absolute Gasteiger partial charge is 0.497 e. The Morgan fingerprint density at radius 3 is 2.74 bits per heavy atom. The molecule has 4 nitrogen and oxygen atoms in total. The fourth-order valence-corrected chi connectivity index (χ4v) is 1.83. The minimum Gasteiger partial charge on any atom is -0.497 e. The Morgan fingerprint density at radius 1 is 1.26 bits per heavy atom. The molecule has 0 saturated heterocycles. The molecule has 2 aromatic rings. The molecule has 0 aromatic heterocycles. The van der Waals surface area contributed by atoms with E-state index in [4.69, 9.17) is 22.1 Å². The maximum atomic E-state index is 12.1. The van der Waals surface area contributed by atoms with Gasteiger partial charge in [0.15, 0.2) is 0 Å². The lowest BCUT2D eigenvalue weighted by atomic mass is 10.1. The average molecular weight is 277 g/mol. The molecule has 19 heavy (non-hydrogen) atoms. The predicted molar refractivity (Wildman–Crippen MR) is 76.8 cm³/mol. The van der Waals surface area contributed by atoms with E-state index in [0.717, 1.165) is 0 Å². The van der Waals surface area contributed by atoms with Gasteiger partial charge in [0.2, 0.25) is 0 Å². The molecule has 98 valence electrons. The van der Waals surface area contributed by atoms with Crippen LogP contribution in [-0.4, -0.2) is 13.0 Å². The third kappa shape index (κ3) is 3.39. The summed E-state index contributed by atoms with van der Waals surface area (Å²) in [6, 6.07) is 11.8. The number of hydrogen-bond donors (Lipinski definition) is 2. The molecule has 0 saturated carbocycles. The number of benzene rings is 2. The van der Waals surface area contributed by atoms with Gasteiger partial charge in [-0.1, -0.05) is 17.7 Å². The van der Waals surface area contributed by atoms with Crippen LogP contribution in [0.4, 0.5) is 11.4 Å². The van der Waals surface area contributed by atoms with Crippen molar-refractivity contribution in [1.29, 1.82) is 0 Å². The van der Waals surface area contributed by atoms with Crippen LogP contribution in [0.25, 0.3) is 0 Å². The van der Waals surface area contributed by atoms with Crippen molar-refractivity contribution in [3.63, 3.8) is 0 Å². The summed E-state index contributed by atoms with van der Waals surface area (Å²) < 4.78 is 5.07. The van der Waals surface area contributed by atoms with Crippen molar-refractivity contribution in [3.05, 3.63) is 53.1 Å². The summed E-state index contributed by atoms with van der Waals surface area (Å²) in [6.07, 6.45) is 0. The maximum Gasteiger partial charge on any atom is 0.255 e. The standard InChI is InChI=1S/C14H13ClN2O2/c1-19-13-6-9(5-11(16)8-13)14(18)17-12-4-2-3-10(15)7-12/h2-8H,16H2,1H3,(H,17,18). The first-order chi connectivity index (χ1) is 9.08. The highest BCUT2D eigenvalue weighted by Crippen LogP contribution is 2.20. The van der Waals surface area contributed by atoms with Crippen molar-refractivity contribution < 1.29 is 9.53 Å². The van der Waals surface area contributed by atoms with Gasteiger partial charge in [-0.05, 0) is 30.3 Å². The first-order valence-electron chi connectivity index (χ1n) is 5.60. The zero-order chi connectivity index (χ0) is 13.8. The van der Waals surface area contributed by atoms with E-state index in [-0.39, 0.29) is 5.91 Å². The van der Waals surface area contributed by atoms with Gasteiger partial charge in [0, 0.05) is 28.0 Å². The Labute approximate surface area is 116 Å². The Morgan fingerprint density at radius 2 is 2.05 bits per heavy atom. The van der Waals surface area contributed by atoms with Crippen molar-refractivity contribution in [1.82, 2.24) is 0 Å². The van der Waals surface area contributed by atoms with E-state index in [0.29, 0.717) is 27.7 Å². The van der Waals surface area contributed by atoms with E-state index in [9.17, 15) is 4.79 Å². The zero-order valence-corrected chi connectivity index (χ0v) is 11.1. The van der Waals surface area contributed by atoms with Crippen LogP contribution in [0.15, 0.2) is 42.5 Å². The fraction of sp³-hybridized carbons (Fsp3) is 0.0714. The molecule has 0 fully saturated rings. The van der Waals surface area contributed by atoms with Crippen LogP contribution in [0.2, 0.25) is 5.02 Å². The second-order valence-electron chi connectivity index (χ2n) is 3.96. The van der Waals surface area contributed by atoms with Crippen LogP contribution < -0.4 is 15.8 Å². The van der Waals surface area contributed by atoms with Gasteiger partial charge in [-0.15, -0.1) is 0 Å². The van der Waals surface area contributed by atoms with Gasteiger partial charge < -0.3 is 15.8 Å². The number of anilines is 2. The average Bonchev–Trinajstić information content (AvgIpc) is 2.38. The van der Waals surface area contributed by atoms with E-state index >= 15 is 0 Å². The van der Waals surface area contributed by atoms with E-state index in [2.05, 4.69) is 5.32 Å². The predicted octanol–water partition coefficient (Wildman–Crippen LogP) is 3.18. The summed E-state index contributed by atoms with van der Waals surface area (Å²) in [6.45, 7) is 0. The lowest BCUT2D eigenvalue weighted by Crippen LogP contribution is -2.12. The lowest BCUT2D eigenvalue weighted by Gasteiger charge is -2.08. The summed E-state index contributed by atoms with van der Waals surface area (Å²) in [7, 11) is 1.52. The highest BCUT2D eigenvalue weighted by atomic mass is 35.5. The van der Waals surface area contributed by atoms with Crippen LogP contribution >= 0.6 is 11.6 Å². The molecular formula is C14H13ClN2O2. The quantitative estimate of drug-likeness (QED) is 0.846. The van der Waals surface area contributed by atoms with Gasteiger partial charge in [0.05, 0.1) is 7.11 Å². The number of ether oxygens (including phenoxy) is 1. The third-order valence-electron chi connectivity index (χ3n) is 2.51. The second-order valence-corrected chi connectivity index (χ2v) is 4.40. The molecule has 3 N–H and O–H groups in total. The minimum absolute atomic E-state index is 0.270. The lowest BCUT2D eigenvalue weighted by molar-refractivity contribution is 0.102. The second kappa shape index (κ2) is 5.63. The monoisotopic (exact) mass is 276 g/mol. The first-order valence-corrected chi connectivity index (χ1v) is 5.98. The Bertz CT molecular complexity index is 614. The van der Waals surface area contributed by atoms with Gasteiger partial charge in [0.25, 0.3) is 5.91 Å². The van der Waals surface area contributed by atoms with Crippen molar-refractivity contribution in [2.24, 2.45) is 0 Å². The molecule has 0 radical (unpaired) electrons. The topological polar surface area (TPSA) is 64.3 Å². The molecule has 0 aliphatic heterocycles. The number of nitrogens with one attached hydrogen (secondary N) is 1. The number of rotatable bonds is 3. The third-order valence-corrected chi connectivity index (χ3v) is 2.74. The minimum atomic E-state index is -0.270. The summed E-state index contributed by atoms with van der Waals surface area (Å²) in [5.74, 6) is 0.268. The van der Waals surface area contributed by atoms with E-state index in [1.165, 1.54) is 7.11 Å². The first kappa shape index (κ1) is 13.2. The zero-order valence-electron chi connectivity index (χ0n) is 10.3. The molecule has 0 bridgehead atoms. The molecule has 2 rings (SSSR count). The molecule has 0 atom stereocenters.